The number of hydrogen-bond acceptors (Lipinski definition) is 8. The molecule has 12 nitrogen and oxygen atoms in total. The van der Waals surface area contributed by atoms with Crippen molar-refractivity contribution >= 4 is 33.2 Å². The van der Waals surface area contributed by atoms with Gasteiger partial charge in [0.1, 0.15) is 24.1 Å². The van der Waals surface area contributed by atoms with E-state index in [1.54, 1.807) is 31.2 Å². The molecule has 230 valence electrons. The van der Waals surface area contributed by atoms with Crippen LogP contribution in [-0.2, 0) is 26.2 Å². The summed E-state index contributed by atoms with van der Waals surface area (Å²) in [7, 11) is -1.51. The molecule has 0 radical (unpaired) electrons. The molecule has 3 aromatic rings. The van der Waals surface area contributed by atoms with E-state index >= 15 is 0 Å². The Balaban J connectivity index is 2.07. The summed E-state index contributed by atoms with van der Waals surface area (Å²) in [5.41, 5.74) is 0.736. The quantitative estimate of drug-likeness (QED) is 0.212. The van der Waals surface area contributed by atoms with E-state index in [2.05, 4.69) is 5.32 Å². The molecule has 0 aromatic heterocycles. The first kappa shape index (κ1) is 32.9. The summed E-state index contributed by atoms with van der Waals surface area (Å²) in [4.78, 5) is 38.8. The summed E-state index contributed by atoms with van der Waals surface area (Å²) < 4.78 is 39.3. The van der Waals surface area contributed by atoms with Crippen LogP contribution in [0.2, 0.25) is 0 Å². The van der Waals surface area contributed by atoms with Crippen molar-refractivity contribution in [3.63, 3.8) is 0 Å². The molecule has 0 aliphatic rings. The molecule has 0 heterocycles. The number of nitrogens with zero attached hydrogens (tertiary/aromatic N) is 3. The zero-order valence-corrected chi connectivity index (χ0v) is 25.6. The van der Waals surface area contributed by atoms with Crippen LogP contribution in [0.1, 0.15) is 31.4 Å². The van der Waals surface area contributed by atoms with Crippen LogP contribution in [0, 0.1) is 17.0 Å². The summed E-state index contributed by atoms with van der Waals surface area (Å²) in [6, 6.07) is 15.6. The molecule has 0 fully saturated rings. The van der Waals surface area contributed by atoms with Gasteiger partial charge in [0.25, 0.3) is 15.7 Å². The predicted octanol–water partition coefficient (Wildman–Crippen LogP) is 4.06. The third kappa shape index (κ3) is 8.01. The van der Waals surface area contributed by atoms with E-state index in [9.17, 15) is 28.1 Å². The van der Waals surface area contributed by atoms with Crippen LogP contribution in [0.25, 0.3) is 0 Å². The zero-order chi connectivity index (χ0) is 31.7. The maximum absolute atomic E-state index is 14.0. The van der Waals surface area contributed by atoms with E-state index in [-0.39, 0.29) is 28.4 Å². The number of carbonyl (C=O) groups excluding carboxylic acids is 2. The Bertz CT molecular complexity index is 1540. The normalized spacial score (nSPS) is 11.7. The lowest BCUT2D eigenvalue weighted by molar-refractivity contribution is -0.385. The minimum absolute atomic E-state index is 0.00996. The number of carbonyl (C=O) groups is 2. The Morgan fingerprint density at radius 1 is 0.977 bits per heavy atom. The van der Waals surface area contributed by atoms with Crippen molar-refractivity contribution in [2.24, 2.45) is 0 Å². The molecule has 3 aromatic carbocycles. The number of amides is 2. The van der Waals surface area contributed by atoms with Gasteiger partial charge in [-0.25, -0.2) is 8.42 Å². The van der Waals surface area contributed by atoms with Crippen molar-refractivity contribution in [1.29, 1.82) is 0 Å². The Morgan fingerprint density at radius 3 is 2.09 bits per heavy atom. The van der Waals surface area contributed by atoms with Crippen molar-refractivity contribution in [1.82, 2.24) is 10.2 Å². The molecule has 13 heteroatoms. The first-order valence-corrected chi connectivity index (χ1v) is 15.0. The average molecular weight is 613 g/mol. The Hall–Kier alpha value is -4.65. The molecule has 0 aliphatic carbocycles. The fraction of sp³-hybridized carbons (Fsp3) is 0.333. The molecule has 1 N–H and O–H groups in total. The molecule has 0 aliphatic heterocycles. The first-order chi connectivity index (χ1) is 20.4. The number of benzene rings is 3. The summed E-state index contributed by atoms with van der Waals surface area (Å²) in [6.45, 7) is 4.71. The van der Waals surface area contributed by atoms with Gasteiger partial charge in [0.05, 0.1) is 29.7 Å². The SMILES string of the molecule is CCCNC(=O)C(C)N(Cc1ccc(OC)cc1)C(=O)CN(c1ccc(OC)cc1)S(=O)(=O)c1ccc(C)c([N+](=O)[O-])c1. The number of methoxy groups -OCH3 is 2. The number of sulfonamides is 1. The highest BCUT2D eigenvalue weighted by atomic mass is 32.2. The molecular formula is C30H36N4O8S. The Morgan fingerprint density at radius 2 is 1.56 bits per heavy atom. The second kappa shape index (κ2) is 14.5. The van der Waals surface area contributed by atoms with E-state index in [4.69, 9.17) is 9.47 Å². The maximum atomic E-state index is 14.0. The molecule has 0 bridgehead atoms. The Labute approximate surface area is 251 Å². The third-order valence-electron chi connectivity index (χ3n) is 6.83. The topological polar surface area (TPSA) is 148 Å². The van der Waals surface area contributed by atoms with E-state index in [1.165, 1.54) is 62.4 Å². The van der Waals surface area contributed by atoms with Gasteiger partial charge in [-0.05, 0) is 68.3 Å². The fourth-order valence-electron chi connectivity index (χ4n) is 4.26. The van der Waals surface area contributed by atoms with E-state index < -0.39 is 39.3 Å². The number of hydrogen-bond donors (Lipinski definition) is 1. The number of aryl methyl sites for hydroxylation is 1. The summed E-state index contributed by atoms with van der Waals surface area (Å²) >= 11 is 0. The minimum Gasteiger partial charge on any atom is -0.497 e. The zero-order valence-electron chi connectivity index (χ0n) is 24.8. The molecule has 0 saturated heterocycles. The van der Waals surface area contributed by atoms with Gasteiger partial charge in [0.15, 0.2) is 0 Å². The van der Waals surface area contributed by atoms with Gasteiger partial charge in [-0.15, -0.1) is 0 Å². The van der Waals surface area contributed by atoms with Crippen LogP contribution in [0.4, 0.5) is 11.4 Å². The van der Waals surface area contributed by atoms with Crippen LogP contribution in [0.15, 0.2) is 71.6 Å². The average Bonchev–Trinajstić information content (AvgIpc) is 3.01. The Kier molecular flexibility index (Phi) is 11.1. The number of ether oxygens (including phenoxy) is 2. The van der Waals surface area contributed by atoms with E-state index in [0.29, 0.717) is 30.0 Å². The summed E-state index contributed by atoms with van der Waals surface area (Å²) in [5, 5.41) is 14.4. The number of nitrogens with one attached hydrogen (secondary N) is 1. The lowest BCUT2D eigenvalue weighted by Gasteiger charge is -2.32. The molecule has 1 unspecified atom stereocenters. The smallest absolute Gasteiger partial charge is 0.273 e. The molecule has 1 atom stereocenters. The van der Waals surface area contributed by atoms with Crippen LogP contribution < -0.4 is 19.1 Å². The number of anilines is 1. The highest BCUT2D eigenvalue weighted by Crippen LogP contribution is 2.29. The first-order valence-electron chi connectivity index (χ1n) is 13.5. The van der Waals surface area contributed by atoms with Gasteiger partial charge < -0.3 is 19.7 Å². The second-order valence-electron chi connectivity index (χ2n) is 9.75. The second-order valence-corrected chi connectivity index (χ2v) is 11.6. The molecule has 2 amide bonds. The van der Waals surface area contributed by atoms with Crippen molar-refractivity contribution in [3.8, 4) is 11.5 Å². The summed E-state index contributed by atoms with van der Waals surface area (Å²) in [5.74, 6) is 0.0211. The van der Waals surface area contributed by atoms with Crippen molar-refractivity contribution in [2.75, 3.05) is 31.6 Å². The van der Waals surface area contributed by atoms with Crippen LogP contribution in [0.5, 0.6) is 11.5 Å². The van der Waals surface area contributed by atoms with Crippen molar-refractivity contribution in [2.45, 2.75) is 44.7 Å². The number of rotatable bonds is 14. The molecule has 3 rings (SSSR count). The number of nitro groups is 1. The molecule has 0 saturated carbocycles. The van der Waals surface area contributed by atoms with Crippen LogP contribution >= 0.6 is 0 Å². The van der Waals surface area contributed by atoms with Gasteiger partial charge in [0, 0.05) is 24.7 Å². The van der Waals surface area contributed by atoms with E-state index in [1.807, 2.05) is 6.92 Å². The van der Waals surface area contributed by atoms with Crippen LogP contribution in [0.3, 0.4) is 0 Å². The van der Waals surface area contributed by atoms with Gasteiger partial charge in [-0.1, -0.05) is 25.1 Å². The molecule has 0 spiro atoms. The third-order valence-corrected chi connectivity index (χ3v) is 8.60. The lowest BCUT2D eigenvalue weighted by atomic mass is 10.1. The largest absolute Gasteiger partial charge is 0.497 e. The monoisotopic (exact) mass is 612 g/mol. The highest BCUT2D eigenvalue weighted by molar-refractivity contribution is 7.92. The van der Waals surface area contributed by atoms with Crippen LogP contribution in [-0.4, -0.2) is 63.4 Å². The van der Waals surface area contributed by atoms with Gasteiger partial charge in [-0.3, -0.25) is 24.0 Å². The van der Waals surface area contributed by atoms with Crippen molar-refractivity contribution in [3.05, 3.63) is 88.0 Å². The maximum Gasteiger partial charge on any atom is 0.273 e. The predicted molar refractivity (Wildman–Crippen MR) is 162 cm³/mol. The standard InChI is InChI=1S/C30H36N4O8S/c1-6-17-31-30(36)22(3)32(19-23-8-12-25(41-4)13-9-23)29(35)20-33(24-10-14-26(42-5)15-11-24)43(39,40)27-16-7-21(2)28(18-27)34(37)38/h7-16,18,22H,6,17,19-20H2,1-5H3,(H,31,36). The van der Waals surface area contributed by atoms with Crippen molar-refractivity contribution < 1.29 is 32.4 Å². The van der Waals surface area contributed by atoms with Gasteiger partial charge >= 0.3 is 0 Å². The molecule has 43 heavy (non-hydrogen) atoms. The molecular weight excluding hydrogens is 576 g/mol. The number of nitro benzene ring substituents is 1. The minimum atomic E-state index is -4.49. The fourth-order valence-corrected chi connectivity index (χ4v) is 5.69. The highest BCUT2D eigenvalue weighted by Gasteiger charge is 2.33. The van der Waals surface area contributed by atoms with E-state index in [0.717, 1.165) is 10.4 Å². The van der Waals surface area contributed by atoms with Gasteiger partial charge in [0.2, 0.25) is 11.8 Å². The summed E-state index contributed by atoms with van der Waals surface area (Å²) in [6.07, 6.45) is 0.692. The van der Waals surface area contributed by atoms with Gasteiger partial charge in [-0.2, -0.15) is 0 Å². The lowest BCUT2D eigenvalue weighted by Crippen LogP contribution is -2.51.